The van der Waals surface area contributed by atoms with Gasteiger partial charge >= 0.3 is 0 Å². The van der Waals surface area contributed by atoms with E-state index >= 15 is 0 Å². The molecular weight excluding hydrogens is 216 g/mol. The standard InChI is InChI=1S/C9H15ClN4O/c1-5(2)6(4-15)12-8-3-7(10)13-9(11)14-8/h3,5-6,15H,4H2,1-2H3,(H3,11,12,13,14)/t6-/m1/s1. The van der Waals surface area contributed by atoms with Crippen molar-refractivity contribution in [1.82, 2.24) is 9.97 Å². The molecule has 0 aliphatic rings. The molecule has 1 atom stereocenters. The van der Waals surface area contributed by atoms with Gasteiger partial charge in [0.05, 0.1) is 12.6 Å². The number of aromatic nitrogens is 2. The molecule has 0 amide bonds. The van der Waals surface area contributed by atoms with Crippen molar-refractivity contribution in [2.24, 2.45) is 5.92 Å². The molecule has 1 heterocycles. The highest BCUT2D eigenvalue weighted by Crippen LogP contribution is 2.15. The Morgan fingerprint density at radius 1 is 1.53 bits per heavy atom. The van der Waals surface area contributed by atoms with E-state index in [0.717, 1.165) is 0 Å². The monoisotopic (exact) mass is 230 g/mol. The molecule has 15 heavy (non-hydrogen) atoms. The molecule has 0 fully saturated rings. The van der Waals surface area contributed by atoms with Gasteiger partial charge in [-0.25, -0.2) is 4.98 Å². The van der Waals surface area contributed by atoms with Crippen LogP contribution in [0.4, 0.5) is 11.8 Å². The lowest BCUT2D eigenvalue weighted by Gasteiger charge is -2.20. The lowest BCUT2D eigenvalue weighted by atomic mass is 10.1. The minimum absolute atomic E-state index is 0.0270. The molecule has 5 nitrogen and oxygen atoms in total. The summed E-state index contributed by atoms with van der Waals surface area (Å²) in [6.07, 6.45) is 0. The molecule has 1 aromatic heterocycles. The number of hydrogen-bond donors (Lipinski definition) is 3. The Morgan fingerprint density at radius 3 is 2.67 bits per heavy atom. The van der Waals surface area contributed by atoms with Crippen LogP contribution >= 0.6 is 11.6 Å². The minimum atomic E-state index is -0.0737. The number of halogens is 1. The maximum Gasteiger partial charge on any atom is 0.223 e. The predicted octanol–water partition coefficient (Wildman–Crippen LogP) is 1.14. The Bertz CT molecular complexity index is 312. The van der Waals surface area contributed by atoms with Crippen LogP contribution in [0, 0.1) is 5.92 Å². The van der Waals surface area contributed by atoms with Gasteiger partial charge in [0.15, 0.2) is 0 Å². The van der Waals surface area contributed by atoms with Crippen molar-refractivity contribution >= 4 is 23.4 Å². The summed E-state index contributed by atoms with van der Waals surface area (Å²) in [5.74, 6) is 0.927. The second kappa shape index (κ2) is 5.14. The number of nitrogens with zero attached hydrogens (tertiary/aromatic N) is 2. The van der Waals surface area contributed by atoms with Gasteiger partial charge in [0, 0.05) is 6.07 Å². The summed E-state index contributed by atoms with van der Waals surface area (Å²) in [6.45, 7) is 4.03. The normalized spacial score (nSPS) is 12.9. The van der Waals surface area contributed by atoms with E-state index in [1.807, 2.05) is 13.8 Å². The number of nitrogen functional groups attached to an aromatic ring is 1. The number of anilines is 2. The Morgan fingerprint density at radius 2 is 2.20 bits per heavy atom. The molecule has 0 radical (unpaired) electrons. The smallest absolute Gasteiger partial charge is 0.223 e. The third-order valence-electron chi connectivity index (χ3n) is 2.05. The van der Waals surface area contributed by atoms with Gasteiger partial charge < -0.3 is 16.2 Å². The number of rotatable bonds is 4. The van der Waals surface area contributed by atoms with E-state index in [0.29, 0.717) is 5.82 Å². The van der Waals surface area contributed by atoms with Crippen molar-refractivity contribution in [3.8, 4) is 0 Å². The molecule has 4 N–H and O–H groups in total. The molecule has 1 rings (SSSR count). The summed E-state index contributed by atoms with van der Waals surface area (Å²) in [5, 5.41) is 12.5. The van der Waals surface area contributed by atoms with Crippen molar-refractivity contribution in [2.45, 2.75) is 19.9 Å². The van der Waals surface area contributed by atoms with E-state index in [-0.39, 0.29) is 29.7 Å². The number of nitrogens with two attached hydrogens (primary N) is 1. The first-order chi connectivity index (χ1) is 7.02. The third-order valence-corrected chi connectivity index (χ3v) is 2.24. The van der Waals surface area contributed by atoms with Crippen molar-refractivity contribution < 1.29 is 5.11 Å². The van der Waals surface area contributed by atoms with E-state index in [1.54, 1.807) is 6.07 Å². The average molecular weight is 231 g/mol. The van der Waals surface area contributed by atoms with Crippen LogP contribution in [0.15, 0.2) is 6.07 Å². The van der Waals surface area contributed by atoms with Gasteiger partial charge in [0.2, 0.25) is 5.95 Å². The van der Waals surface area contributed by atoms with Gasteiger partial charge in [0.1, 0.15) is 11.0 Å². The number of hydrogen-bond acceptors (Lipinski definition) is 5. The fourth-order valence-electron chi connectivity index (χ4n) is 1.12. The van der Waals surface area contributed by atoms with E-state index in [9.17, 15) is 0 Å². The van der Waals surface area contributed by atoms with Crippen LogP contribution in [0.5, 0.6) is 0 Å². The van der Waals surface area contributed by atoms with Crippen molar-refractivity contribution in [2.75, 3.05) is 17.7 Å². The SMILES string of the molecule is CC(C)[C@@H](CO)Nc1cc(Cl)nc(N)n1. The minimum Gasteiger partial charge on any atom is -0.394 e. The van der Waals surface area contributed by atoms with Crippen LogP contribution in [-0.2, 0) is 0 Å². The highest BCUT2D eigenvalue weighted by molar-refractivity contribution is 6.29. The van der Waals surface area contributed by atoms with Crippen molar-refractivity contribution in [1.29, 1.82) is 0 Å². The van der Waals surface area contributed by atoms with Crippen LogP contribution in [-0.4, -0.2) is 27.7 Å². The molecule has 1 aromatic rings. The van der Waals surface area contributed by atoms with Crippen LogP contribution in [0.2, 0.25) is 5.15 Å². The maximum atomic E-state index is 9.13. The van der Waals surface area contributed by atoms with E-state index in [1.165, 1.54) is 0 Å². The second-order valence-corrected chi connectivity index (χ2v) is 4.00. The molecule has 0 aliphatic carbocycles. The number of nitrogens with one attached hydrogen (secondary N) is 1. The molecule has 0 aromatic carbocycles. The zero-order valence-corrected chi connectivity index (χ0v) is 9.49. The van der Waals surface area contributed by atoms with E-state index < -0.39 is 0 Å². The fraction of sp³-hybridized carbons (Fsp3) is 0.556. The summed E-state index contributed by atoms with van der Waals surface area (Å²) >= 11 is 5.72. The van der Waals surface area contributed by atoms with E-state index in [4.69, 9.17) is 22.4 Å². The molecule has 0 saturated carbocycles. The third kappa shape index (κ3) is 3.53. The highest BCUT2D eigenvalue weighted by Gasteiger charge is 2.12. The first-order valence-corrected chi connectivity index (χ1v) is 5.08. The zero-order chi connectivity index (χ0) is 11.4. The van der Waals surface area contributed by atoms with Crippen LogP contribution in [0.25, 0.3) is 0 Å². The lowest BCUT2D eigenvalue weighted by molar-refractivity contribution is 0.249. The molecule has 0 aliphatic heterocycles. The molecule has 0 saturated heterocycles. The maximum absolute atomic E-state index is 9.13. The summed E-state index contributed by atoms with van der Waals surface area (Å²) in [6, 6.07) is 1.50. The van der Waals surface area contributed by atoms with Gasteiger partial charge in [-0.15, -0.1) is 0 Å². The molecule has 84 valence electrons. The largest absolute Gasteiger partial charge is 0.394 e. The molecule has 0 spiro atoms. The average Bonchev–Trinajstić information content (AvgIpc) is 2.12. The summed E-state index contributed by atoms with van der Waals surface area (Å²) in [7, 11) is 0. The quantitative estimate of drug-likeness (QED) is 0.676. The predicted molar refractivity (Wildman–Crippen MR) is 60.8 cm³/mol. The molecule has 6 heteroatoms. The van der Waals surface area contributed by atoms with Gasteiger partial charge in [0.25, 0.3) is 0 Å². The highest BCUT2D eigenvalue weighted by atomic mass is 35.5. The topological polar surface area (TPSA) is 84.1 Å². The van der Waals surface area contributed by atoms with Crippen LogP contribution in [0.1, 0.15) is 13.8 Å². The van der Waals surface area contributed by atoms with Crippen LogP contribution in [0.3, 0.4) is 0 Å². The molecule has 0 unspecified atom stereocenters. The van der Waals surface area contributed by atoms with Crippen molar-refractivity contribution in [3.63, 3.8) is 0 Å². The number of aliphatic hydroxyl groups excluding tert-OH is 1. The Hall–Kier alpha value is -1.07. The van der Waals surface area contributed by atoms with Gasteiger partial charge in [-0.2, -0.15) is 4.98 Å². The molecular formula is C9H15ClN4O. The Labute approximate surface area is 93.7 Å². The fourth-order valence-corrected chi connectivity index (χ4v) is 1.31. The summed E-state index contributed by atoms with van der Waals surface area (Å²) in [4.78, 5) is 7.71. The lowest BCUT2D eigenvalue weighted by Crippen LogP contribution is -2.30. The zero-order valence-electron chi connectivity index (χ0n) is 8.74. The van der Waals surface area contributed by atoms with E-state index in [2.05, 4.69) is 15.3 Å². The second-order valence-electron chi connectivity index (χ2n) is 3.61. The first kappa shape index (κ1) is 12.0. The summed E-state index contributed by atoms with van der Waals surface area (Å²) < 4.78 is 0. The Kier molecular flexibility index (Phi) is 4.11. The van der Waals surface area contributed by atoms with Gasteiger partial charge in [-0.05, 0) is 5.92 Å². The molecule has 0 bridgehead atoms. The van der Waals surface area contributed by atoms with Gasteiger partial charge in [-0.1, -0.05) is 25.4 Å². The van der Waals surface area contributed by atoms with Crippen molar-refractivity contribution in [3.05, 3.63) is 11.2 Å². The Balaban J connectivity index is 2.79. The van der Waals surface area contributed by atoms with Gasteiger partial charge in [-0.3, -0.25) is 0 Å². The summed E-state index contributed by atoms with van der Waals surface area (Å²) in [5.41, 5.74) is 5.44. The first-order valence-electron chi connectivity index (χ1n) is 4.70. The van der Waals surface area contributed by atoms with Crippen LogP contribution < -0.4 is 11.1 Å². The number of aliphatic hydroxyl groups is 1.